The van der Waals surface area contributed by atoms with Gasteiger partial charge in [-0.05, 0) is 13.8 Å². The highest BCUT2D eigenvalue weighted by atomic mass is 16.5. The zero-order valence-corrected chi connectivity index (χ0v) is 5.39. The predicted molar refractivity (Wildman–Crippen MR) is 44.9 cm³/mol. The highest BCUT2D eigenvalue weighted by Gasteiger charge is 1.98. The van der Waals surface area contributed by atoms with E-state index in [4.69, 9.17) is 0 Å². The molecule has 0 rings (SSSR count). The Morgan fingerprint density at radius 1 is 1.40 bits per heavy atom. The van der Waals surface area contributed by atoms with E-state index in [1.807, 2.05) is 0 Å². The summed E-state index contributed by atoms with van der Waals surface area (Å²) in [6, 6.07) is 0. The summed E-state index contributed by atoms with van der Waals surface area (Å²) in [5.74, 6) is -0.257. The molecule has 0 saturated carbocycles. The number of hydrogen-bond donors (Lipinski definition) is 0. The van der Waals surface area contributed by atoms with Gasteiger partial charge in [0.05, 0.1) is 7.11 Å². The molecule has 2 nitrogen and oxygen atoms in total. The normalized spacial score (nSPS) is 8.90. The van der Waals surface area contributed by atoms with Gasteiger partial charge in [-0.2, -0.15) is 0 Å². The first-order chi connectivity index (χ1) is 3.72. The van der Waals surface area contributed by atoms with Gasteiger partial charge in [0.25, 0.3) is 0 Å². The van der Waals surface area contributed by atoms with Gasteiger partial charge >= 0.3 is 5.97 Å². The number of hydrogen-bond acceptors (Lipinski definition) is 2. The smallest absolute Gasteiger partial charge is 0.333 e. The van der Waals surface area contributed by atoms with E-state index in [0.29, 0.717) is 5.57 Å². The van der Waals surface area contributed by atoms with Crippen molar-refractivity contribution < 1.29 is 9.53 Å². The molecule has 0 amide bonds. The number of carbonyl (C=O) groups excluding carboxylic acids is 1. The average molecular weight is 146 g/mol. The third-order valence-corrected chi connectivity index (χ3v) is 0.940. The minimum absolute atomic E-state index is 0. The van der Waals surface area contributed by atoms with Crippen LogP contribution in [0.2, 0.25) is 0 Å². The molecule has 0 unspecified atom stereocenters. The van der Waals surface area contributed by atoms with E-state index in [2.05, 4.69) is 4.74 Å². The van der Waals surface area contributed by atoms with Gasteiger partial charge in [-0.1, -0.05) is 20.9 Å². The summed E-state index contributed by atoms with van der Waals surface area (Å²) in [5, 5.41) is 0. The van der Waals surface area contributed by atoms with Crippen molar-refractivity contribution in [2.24, 2.45) is 0 Å². The molecule has 0 aliphatic rings. The fraction of sp³-hybridized carbons (Fsp3) is 0.625. The number of ether oxygens (including phenoxy) is 1. The van der Waals surface area contributed by atoms with Crippen LogP contribution in [0.5, 0.6) is 0 Å². The van der Waals surface area contributed by atoms with Crippen molar-refractivity contribution in [2.75, 3.05) is 7.11 Å². The highest BCUT2D eigenvalue weighted by molar-refractivity contribution is 5.87. The Morgan fingerprint density at radius 3 is 1.90 bits per heavy atom. The molecule has 0 bridgehead atoms. The average Bonchev–Trinajstić information content (AvgIpc) is 1.84. The predicted octanol–water partition coefficient (Wildman–Crippen LogP) is 2.40. The lowest BCUT2D eigenvalue weighted by Gasteiger charge is -1.93. The van der Waals surface area contributed by atoms with Crippen LogP contribution in [0.15, 0.2) is 11.6 Å². The quantitative estimate of drug-likeness (QED) is 0.419. The zero-order chi connectivity index (χ0) is 6.57. The molecule has 10 heavy (non-hydrogen) atoms. The number of esters is 1. The van der Waals surface area contributed by atoms with E-state index in [0.717, 1.165) is 0 Å². The van der Waals surface area contributed by atoms with Gasteiger partial charge in [0.2, 0.25) is 0 Å². The molecule has 0 aromatic rings. The maximum atomic E-state index is 10.5. The SMILES string of the molecule is C.C.C/C=C(/C)C(=O)OC. The molecule has 0 aliphatic heterocycles. The lowest BCUT2D eigenvalue weighted by Crippen LogP contribution is -2.00. The first-order valence-electron chi connectivity index (χ1n) is 2.43. The molecule has 62 valence electrons. The van der Waals surface area contributed by atoms with Gasteiger partial charge in [-0.25, -0.2) is 4.79 Å². The van der Waals surface area contributed by atoms with E-state index < -0.39 is 0 Å². The molecule has 0 N–H and O–H groups in total. The summed E-state index contributed by atoms with van der Waals surface area (Å²) in [4.78, 5) is 10.5. The van der Waals surface area contributed by atoms with Crippen molar-refractivity contribution in [3.63, 3.8) is 0 Å². The van der Waals surface area contributed by atoms with E-state index in [1.165, 1.54) is 7.11 Å². The largest absolute Gasteiger partial charge is 0.466 e. The van der Waals surface area contributed by atoms with Gasteiger partial charge in [0.1, 0.15) is 0 Å². The topological polar surface area (TPSA) is 26.3 Å². The van der Waals surface area contributed by atoms with Crippen LogP contribution in [0, 0.1) is 0 Å². The Hall–Kier alpha value is -0.790. The Labute approximate surface area is 63.9 Å². The highest BCUT2D eigenvalue weighted by Crippen LogP contribution is 1.92. The number of rotatable bonds is 1. The van der Waals surface area contributed by atoms with Crippen LogP contribution in [-0.2, 0) is 9.53 Å². The fourth-order valence-corrected chi connectivity index (χ4v) is 0.279. The van der Waals surface area contributed by atoms with Crippen LogP contribution >= 0.6 is 0 Å². The summed E-state index contributed by atoms with van der Waals surface area (Å²) < 4.78 is 4.40. The molecule has 0 radical (unpaired) electrons. The van der Waals surface area contributed by atoms with E-state index >= 15 is 0 Å². The van der Waals surface area contributed by atoms with Crippen LogP contribution in [-0.4, -0.2) is 13.1 Å². The number of carbonyl (C=O) groups is 1. The van der Waals surface area contributed by atoms with Crippen LogP contribution in [0.25, 0.3) is 0 Å². The van der Waals surface area contributed by atoms with Gasteiger partial charge in [0.15, 0.2) is 0 Å². The van der Waals surface area contributed by atoms with E-state index in [1.54, 1.807) is 19.9 Å². The molecule has 0 aromatic heterocycles. The third-order valence-electron chi connectivity index (χ3n) is 0.940. The standard InChI is InChI=1S/C6H10O2.2CH4/c1-4-5(2)6(7)8-3;;/h4H,1-3H3;2*1H4/b5-4-;;. The summed E-state index contributed by atoms with van der Waals surface area (Å²) >= 11 is 0. The van der Waals surface area contributed by atoms with Gasteiger partial charge < -0.3 is 4.74 Å². The summed E-state index contributed by atoms with van der Waals surface area (Å²) in [6.07, 6.45) is 1.71. The molecule has 2 heteroatoms. The maximum absolute atomic E-state index is 10.5. The molecule has 0 atom stereocenters. The second-order valence-corrected chi connectivity index (χ2v) is 1.46. The minimum atomic E-state index is -0.257. The first-order valence-corrected chi connectivity index (χ1v) is 2.43. The van der Waals surface area contributed by atoms with E-state index in [-0.39, 0.29) is 20.8 Å². The van der Waals surface area contributed by atoms with Crippen LogP contribution in [0.4, 0.5) is 0 Å². The lowest BCUT2D eigenvalue weighted by molar-refractivity contribution is -0.136. The first kappa shape index (κ1) is 16.1. The summed E-state index contributed by atoms with van der Waals surface area (Å²) in [6.45, 7) is 3.51. The Morgan fingerprint density at radius 2 is 1.80 bits per heavy atom. The molecule has 0 saturated heterocycles. The molecule has 0 heterocycles. The van der Waals surface area contributed by atoms with Gasteiger partial charge in [-0.15, -0.1) is 0 Å². The van der Waals surface area contributed by atoms with Crippen LogP contribution < -0.4 is 0 Å². The van der Waals surface area contributed by atoms with Crippen LogP contribution in [0.3, 0.4) is 0 Å². The maximum Gasteiger partial charge on any atom is 0.333 e. The third kappa shape index (κ3) is 5.35. The Kier molecular flexibility index (Phi) is 13.2. The second-order valence-electron chi connectivity index (χ2n) is 1.46. The molecular formula is C8H18O2. The molecule has 0 spiro atoms. The molecule has 0 aromatic carbocycles. The summed E-state index contributed by atoms with van der Waals surface area (Å²) in [5.41, 5.74) is 0.646. The second kappa shape index (κ2) is 8.21. The fourth-order valence-electron chi connectivity index (χ4n) is 0.279. The van der Waals surface area contributed by atoms with Crippen molar-refractivity contribution in [1.82, 2.24) is 0 Å². The summed E-state index contributed by atoms with van der Waals surface area (Å²) in [7, 11) is 1.37. The monoisotopic (exact) mass is 146 g/mol. The van der Waals surface area contributed by atoms with Crippen LogP contribution in [0.1, 0.15) is 28.7 Å². The van der Waals surface area contributed by atoms with Crippen molar-refractivity contribution in [3.05, 3.63) is 11.6 Å². The molecule has 0 fully saturated rings. The molecule has 0 aliphatic carbocycles. The molecular weight excluding hydrogens is 128 g/mol. The zero-order valence-electron chi connectivity index (χ0n) is 5.39. The number of allylic oxidation sites excluding steroid dienone is 1. The van der Waals surface area contributed by atoms with Crippen molar-refractivity contribution >= 4 is 5.97 Å². The van der Waals surface area contributed by atoms with Crippen molar-refractivity contribution in [2.45, 2.75) is 28.7 Å². The Balaban J connectivity index is -0.000000245. The Bertz CT molecular complexity index is 114. The lowest BCUT2D eigenvalue weighted by atomic mass is 10.3. The van der Waals surface area contributed by atoms with E-state index in [9.17, 15) is 4.79 Å². The van der Waals surface area contributed by atoms with Gasteiger partial charge in [-0.3, -0.25) is 0 Å². The van der Waals surface area contributed by atoms with Crippen molar-refractivity contribution in [3.8, 4) is 0 Å². The van der Waals surface area contributed by atoms with Gasteiger partial charge in [0, 0.05) is 5.57 Å². The number of methoxy groups -OCH3 is 1. The minimum Gasteiger partial charge on any atom is -0.466 e. The van der Waals surface area contributed by atoms with Crippen molar-refractivity contribution in [1.29, 1.82) is 0 Å².